The molecule has 0 aromatic heterocycles. The van der Waals surface area contributed by atoms with Crippen molar-refractivity contribution in [2.45, 2.75) is 6.92 Å². The number of nitriles is 1. The molecule has 1 aromatic carbocycles. The predicted molar refractivity (Wildman–Crippen MR) is 73.0 cm³/mol. The molecule has 96 valence electrons. The van der Waals surface area contributed by atoms with Gasteiger partial charge in [-0.25, -0.2) is 4.79 Å². The van der Waals surface area contributed by atoms with Crippen molar-refractivity contribution >= 4 is 11.7 Å². The summed E-state index contributed by atoms with van der Waals surface area (Å²) in [5, 5.41) is 8.89. The number of anilines is 1. The molecule has 0 N–H and O–H groups in total. The SMILES string of the molecule is COC(=O)/C(C#N)=C(\C)C#CN(C)c1ccccc1. The number of carbonyl (C=O) groups is 1. The quantitative estimate of drug-likeness (QED) is 0.267. The fourth-order valence-electron chi connectivity index (χ4n) is 1.33. The lowest BCUT2D eigenvalue weighted by atomic mass is 10.1. The number of ether oxygens (including phenoxy) is 1. The first-order valence-corrected chi connectivity index (χ1v) is 5.60. The molecule has 0 amide bonds. The van der Waals surface area contributed by atoms with Gasteiger partial charge < -0.3 is 9.64 Å². The average molecular weight is 254 g/mol. The van der Waals surface area contributed by atoms with E-state index in [1.165, 1.54) is 7.11 Å². The zero-order chi connectivity index (χ0) is 14.3. The van der Waals surface area contributed by atoms with Gasteiger partial charge in [-0.15, -0.1) is 0 Å². The van der Waals surface area contributed by atoms with Crippen LogP contribution in [-0.2, 0) is 9.53 Å². The highest BCUT2D eigenvalue weighted by Gasteiger charge is 2.11. The minimum atomic E-state index is -0.670. The predicted octanol–water partition coefficient (Wildman–Crippen LogP) is 2.10. The lowest BCUT2D eigenvalue weighted by Crippen LogP contribution is -2.09. The van der Waals surface area contributed by atoms with Crippen LogP contribution in [0.5, 0.6) is 0 Å². The van der Waals surface area contributed by atoms with E-state index in [4.69, 9.17) is 5.26 Å². The standard InChI is InChI=1S/C15H14N2O2/c1-12(14(11-16)15(18)19-3)9-10-17(2)13-7-5-4-6-8-13/h4-8H,1-3H3/b14-12+. The van der Waals surface area contributed by atoms with Crippen molar-refractivity contribution in [2.75, 3.05) is 19.1 Å². The first-order valence-electron chi connectivity index (χ1n) is 5.60. The van der Waals surface area contributed by atoms with Gasteiger partial charge in [0.2, 0.25) is 0 Å². The first-order chi connectivity index (χ1) is 9.10. The Labute approximate surface area is 112 Å². The number of hydrogen-bond donors (Lipinski definition) is 0. The molecule has 0 heterocycles. The second-order valence-corrected chi connectivity index (χ2v) is 3.73. The van der Waals surface area contributed by atoms with Crippen LogP contribution in [0.1, 0.15) is 6.92 Å². The number of nitrogens with zero attached hydrogens (tertiary/aromatic N) is 2. The monoisotopic (exact) mass is 254 g/mol. The lowest BCUT2D eigenvalue weighted by molar-refractivity contribution is -0.135. The maximum atomic E-state index is 11.3. The molecule has 0 radical (unpaired) electrons. The van der Waals surface area contributed by atoms with Crippen LogP contribution in [0.25, 0.3) is 0 Å². The van der Waals surface area contributed by atoms with Crippen LogP contribution in [0.15, 0.2) is 41.5 Å². The van der Waals surface area contributed by atoms with Crippen molar-refractivity contribution < 1.29 is 9.53 Å². The molecule has 0 saturated carbocycles. The summed E-state index contributed by atoms with van der Waals surface area (Å²) in [7, 11) is 3.04. The Balaban J connectivity index is 2.97. The summed E-state index contributed by atoms with van der Waals surface area (Å²) in [4.78, 5) is 13.0. The number of esters is 1. The summed E-state index contributed by atoms with van der Waals surface area (Å²) in [5.41, 5.74) is 1.24. The zero-order valence-electron chi connectivity index (χ0n) is 11.1. The van der Waals surface area contributed by atoms with Gasteiger partial charge in [0.05, 0.1) is 7.11 Å². The van der Waals surface area contributed by atoms with Crippen LogP contribution >= 0.6 is 0 Å². The number of carbonyl (C=O) groups excluding carboxylic acids is 1. The number of hydrogen-bond acceptors (Lipinski definition) is 4. The van der Waals surface area contributed by atoms with Gasteiger partial charge in [-0.05, 0) is 25.0 Å². The third-order valence-corrected chi connectivity index (χ3v) is 2.43. The maximum Gasteiger partial charge on any atom is 0.349 e. The first kappa shape index (κ1) is 14.3. The van der Waals surface area contributed by atoms with Crippen molar-refractivity contribution in [3.05, 3.63) is 41.5 Å². The van der Waals surface area contributed by atoms with Gasteiger partial charge in [0.25, 0.3) is 0 Å². The van der Waals surface area contributed by atoms with Crippen molar-refractivity contribution in [2.24, 2.45) is 0 Å². The van der Waals surface area contributed by atoms with E-state index in [1.807, 2.05) is 30.3 Å². The molecule has 0 bridgehead atoms. The van der Waals surface area contributed by atoms with Gasteiger partial charge in [-0.2, -0.15) is 5.26 Å². The van der Waals surface area contributed by atoms with Gasteiger partial charge in [0.1, 0.15) is 11.6 Å². The second-order valence-electron chi connectivity index (χ2n) is 3.73. The Morgan fingerprint density at radius 3 is 2.47 bits per heavy atom. The number of methoxy groups -OCH3 is 1. The van der Waals surface area contributed by atoms with Crippen LogP contribution in [0, 0.1) is 23.3 Å². The Bertz CT molecular complexity index is 586. The topological polar surface area (TPSA) is 53.3 Å². The number of para-hydroxylation sites is 1. The van der Waals surface area contributed by atoms with Gasteiger partial charge in [0, 0.05) is 24.4 Å². The molecule has 0 unspecified atom stereocenters. The van der Waals surface area contributed by atoms with Gasteiger partial charge in [-0.1, -0.05) is 18.2 Å². The summed E-state index contributed by atoms with van der Waals surface area (Å²) in [6.45, 7) is 1.61. The molecular formula is C15H14N2O2. The van der Waals surface area contributed by atoms with E-state index in [-0.39, 0.29) is 5.57 Å². The minimum absolute atomic E-state index is 0.0727. The Kier molecular flexibility index (Phi) is 5.19. The third-order valence-electron chi connectivity index (χ3n) is 2.43. The molecule has 0 saturated heterocycles. The number of rotatable bonds is 2. The summed E-state index contributed by atoms with van der Waals surface area (Å²) in [5.74, 6) is 2.11. The van der Waals surface area contributed by atoms with E-state index < -0.39 is 5.97 Å². The lowest BCUT2D eigenvalue weighted by Gasteiger charge is -2.09. The number of benzene rings is 1. The highest BCUT2D eigenvalue weighted by atomic mass is 16.5. The number of allylic oxidation sites excluding steroid dienone is 1. The largest absolute Gasteiger partial charge is 0.465 e. The molecular weight excluding hydrogens is 240 g/mol. The molecule has 0 aliphatic carbocycles. The molecule has 1 aromatic rings. The van der Waals surface area contributed by atoms with E-state index in [2.05, 4.69) is 16.7 Å². The van der Waals surface area contributed by atoms with Crippen LogP contribution < -0.4 is 4.90 Å². The molecule has 1 rings (SSSR count). The summed E-state index contributed by atoms with van der Waals surface area (Å²) < 4.78 is 4.52. The Morgan fingerprint density at radius 2 is 1.95 bits per heavy atom. The minimum Gasteiger partial charge on any atom is -0.465 e. The Hall–Kier alpha value is -2.72. The normalized spacial score (nSPS) is 10.4. The van der Waals surface area contributed by atoms with Crippen LogP contribution in [-0.4, -0.2) is 20.1 Å². The molecule has 0 atom stereocenters. The smallest absolute Gasteiger partial charge is 0.349 e. The average Bonchev–Trinajstić information content (AvgIpc) is 2.46. The summed E-state index contributed by atoms with van der Waals surface area (Å²) in [6.07, 6.45) is 0. The molecule has 19 heavy (non-hydrogen) atoms. The third kappa shape index (κ3) is 3.90. The van der Waals surface area contributed by atoms with Gasteiger partial charge >= 0.3 is 5.97 Å². The van der Waals surface area contributed by atoms with E-state index >= 15 is 0 Å². The Morgan fingerprint density at radius 1 is 1.32 bits per heavy atom. The van der Waals surface area contributed by atoms with E-state index in [1.54, 1.807) is 24.9 Å². The van der Waals surface area contributed by atoms with E-state index in [9.17, 15) is 4.79 Å². The molecule has 4 nitrogen and oxygen atoms in total. The highest BCUT2D eigenvalue weighted by molar-refractivity contribution is 5.94. The summed E-state index contributed by atoms with van der Waals surface area (Å²) in [6, 6.07) is 14.2. The molecule has 0 aliphatic rings. The molecule has 0 spiro atoms. The van der Waals surface area contributed by atoms with E-state index in [0.29, 0.717) is 5.57 Å². The molecule has 0 fully saturated rings. The molecule has 4 heteroatoms. The van der Waals surface area contributed by atoms with E-state index in [0.717, 1.165) is 5.69 Å². The highest BCUT2D eigenvalue weighted by Crippen LogP contribution is 2.10. The van der Waals surface area contributed by atoms with Crippen molar-refractivity contribution in [3.8, 4) is 18.0 Å². The summed E-state index contributed by atoms with van der Waals surface area (Å²) >= 11 is 0. The maximum absolute atomic E-state index is 11.3. The van der Waals surface area contributed by atoms with Crippen molar-refractivity contribution in [1.82, 2.24) is 0 Å². The van der Waals surface area contributed by atoms with Crippen molar-refractivity contribution in [1.29, 1.82) is 5.26 Å². The van der Waals surface area contributed by atoms with Crippen LogP contribution in [0.4, 0.5) is 5.69 Å². The second kappa shape index (κ2) is 6.88. The fourth-order valence-corrected chi connectivity index (χ4v) is 1.33. The fraction of sp³-hybridized carbons (Fsp3) is 0.200. The van der Waals surface area contributed by atoms with Crippen molar-refractivity contribution in [3.63, 3.8) is 0 Å². The van der Waals surface area contributed by atoms with Gasteiger partial charge in [-0.3, -0.25) is 0 Å². The van der Waals surface area contributed by atoms with Gasteiger partial charge in [0.15, 0.2) is 0 Å². The molecule has 0 aliphatic heterocycles. The van der Waals surface area contributed by atoms with Crippen LogP contribution in [0.2, 0.25) is 0 Å². The zero-order valence-corrected chi connectivity index (χ0v) is 11.1. The van der Waals surface area contributed by atoms with Crippen LogP contribution in [0.3, 0.4) is 0 Å².